The molecule has 0 saturated carbocycles. The molecule has 1 nitrogen and oxygen atoms in total. The molecule has 104 valence electrons. The maximum Gasteiger partial charge on any atom is 0.0376 e. The van der Waals surface area contributed by atoms with E-state index in [1.165, 1.54) is 28.0 Å². The average molecular weight is 257 g/mol. The van der Waals surface area contributed by atoms with Crippen LogP contribution in [0.1, 0.15) is 50.3 Å². The maximum absolute atomic E-state index is 3.96. The Labute approximate surface area is 118 Å². The molecule has 0 amide bonds. The lowest BCUT2D eigenvalue weighted by molar-refractivity contribution is 0.836. The molecule has 0 unspecified atom stereocenters. The first-order valence-electron chi connectivity index (χ1n) is 7.26. The van der Waals surface area contributed by atoms with E-state index < -0.39 is 0 Å². The van der Waals surface area contributed by atoms with Crippen LogP contribution < -0.4 is 5.32 Å². The van der Waals surface area contributed by atoms with Crippen LogP contribution in [-0.2, 0) is 6.42 Å². The van der Waals surface area contributed by atoms with E-state index in [1.54, 1.807) is 0 Å². The zero-order valence-corrected chi connectivity index (χ0v) is 12.8. The molecule has 1 rings (SSSR count). The summed E-state index contributed by atoms with van der Waals surface area (Å²) >= 11 is 0. The predicted octanol–water partition coefficient (Wildman–Crippen LogP) is 4.86. The fraction of sp³-hybridized carbons (Fsp3) is 0.444. The molecule has 0 heterocycles. The largest absolute Gasteiger partial charge is 0.384 e. The summed E-state index contributed by atoms with van der Waals surface area (Å²) in [6.45, 7) is 13.5. The molecule has 1 heteroatoms. The van der Waals surface area contributed by atoms with Gasteiger partial charge in [0.2, 0.25) is 0 Å². The van der Waals surface area contributed by atoms with Crippen molar-refractivity contribution in [3.63, 3.8) is 0 Å². The summed E-state index contributed by atoms with van der Waals surface area (Å²) in [4.78, 5) is 0. The Bertz CT molecular complexity index is 455. The molecule has 0 fully saturated rings. The lowest BCUT2D eigenvalue weighted by Crippen LogP contribution is -2.15. The second kappa shape index (κ2) is 7.83. The van der Waals surface area contributed by atoms with Crippen molar-refractivity contribution in [3.05, 3.63) is 53.1 Å². The number of hydrogen-bond donors (Lipinski definition) is 1. The Hall–Kier alpha value is -1.50. The maximum atomic E-state index is 3.96. The Morgan fingerprint density at radius 3 is 2.63 bits per heavy atom. The summed E-state index contributed by atoms with van der Waals surface area (Å²) in [6.07, 6.45) is 5.42. The SMILES string of the molecule is C=C(C)CCNC(=CCC)c1ccc(C)cc1CC. The van der Waals surface area contributed by atoms with E-state index in [1.807, 2.05) is 0 Å². The van der Waals surface area contributed by atoms with E-state index in [0.717, 1.165) is 25.8 Å². The number of benzene rings is 1. The molecule has 0 aliphatic heterocycles. The minimum absolute atomic E-state index is 0.957. The fourth-order valence-electron chi connectivity index (χ4n) is 2.17. The Morgan fingerprint density at radius 1 is 1.32 bits per heavy atom. The normalized spacial score (nSPS) is 11.5. The number of allylic oxidation sites excluding steroid dienone is 1. The van der Waals surface area contributed by atoms with Crippen LogP contribution in [0.25, 0.3) is 5.70 Å². The standard InChI is InChI=1S/C18H27N/c1-6-8-18(19-12-11-14(3)4)17-10-9-15(5)13-16(17)7-2/h8-10,13,19H,3,6-7,11-12H2,1-2,4-5H3. The molecule has 0 spiro atoms. The third kappa shape index (κ3) is 4.94. The van der Waals surface area contributed by atoms with Gasteiger partial charge in [-0.3, -0.25) is 0 Å². The summed E-state index contributed by atoms with van der Waals surface area (Å²) < 4.78 is 0. The van der Waals surface area contributed by atoms with Crippen LogP contribution >= 0.6 is 0 Å². The second-order valence-electron chi connectivity index (χ2n) is 5.17. The molecule has 0 radical (unpaired) electrons. The van der Waals surface area contributed by atoms with Crippen LogP contribution in [0.5, 0.6) is 0 Å². The molecule has 0 bridgehead atoms. The van der Waals surface area contributed by atoms with Gasteiger partial charge in [0.25, 0.3) is 0 Å². The van der Waals surface area contributed by atoms with Crippen LogP contribution in [0, 0.1) is 6.92 Å². The summed E-state index contributed by atoms with van der Waals surface area (Å²) in [5.74, 6) is 0. The van der Waals surface area contributed by atoms with Crippen molar-refractivity contribution in [1.29, 1.82) is 0 Å². The van der Waals surface area contributed by atoms with E-state index in [2.05, 4.69) is 63.9 Å². The van der Waals surface area contributed by atoms with Crippen LogP contribution in [-0.4, -0.2) is 6.54 Å². The quantitative estimate of drug-likeness (QED) is 0.688. The van der Waals surface area contributed by atoms with E-state index >= 15 is 0 Å². The van der Waals surface area contributed by atoms with Crippen molar-refractivity contribution in [2.75, 3.05) is 6.54 Å². The number of rotatable bonds is 7. The van der Waals surface area contributed by atoms with Crippen molar-refractivity contribution in [3.8, 4) is 0 Å². The summed E-state index contributed by atoms with van der Waals surface area (Å²) in [6, 6.07) is 6.72. The molecule has 1 N–H and O–H groups in total. The zero-order valence-electron chi connectivity index (χ0n) is 12.8. The smallest absolute Gasteiger partial charge is 0.0376 e. The van der Waals surface area contributed by atoms with Gasteiger partial charge in [0.05, 0.1) is 0 Å². The van der Waals surface area contributed by atoms with E-state index in [-0.39, 0.29) is 0 Å². The van der Waals surface area contributed by atoms with Gasteiger partial charge in [-0.1, -0.05) is 49.3 Å². The molecule has 0 atom stereocenters. The fourth-order valence-corrected chi connectivity index (χ4v) is 2.17. The topological polar surface area (TPSA) is 12.0 Å². The first-order chi connectivity index (χ1) is 9.08. The molecular weight excluding hydrogens is 230 g/mol. The third-order valence-corrected chi connectivity index (χ3v) is 3.21. The van der Waals surface area contributed by atoms with Crippen LogP contribution in [0.3, 0.4) is 0 Å². The highest BCUT2D eigenvalue weighted by Crippen LogP contribution is 2.20. The van der Waals surface area contributed by atoms with Crippen molar-refractivity contribution in [2.45, 2.75) is 47.0 Å². The second-order valence-corrected chi connectivity index (χ2v) is 5.17. The highest BCUT2D eigenvalue weighted by atomic mass is 14.9. The third-order valence-electron chi connectivity index (χ3n) is 3.21. The minimum atomic E-state index is 0.957. The molecule has 0 aliphatic rings. The van der Waals surface area contributed by atoms with Crippen molar-refractivity contribution in [1.82, 2.24) is 5.32 Å². The molecule has 1 aromatic carbocycles. The van der Waals surface area contributed by atoms with Gasteiger partial charge in [0.1, 0.15) is 0 Å². The van der Waals surface area contributed by atoms with Crippen LogP contribution in [0.2, 0.25) is 0 Å². The Morgan fingerprint density at radius 2 is 2.05 bits per heavy atom. The van der Waals surface area contributed by atoms with E-state index in [9.17, 15) is 0 Å². The number of hydrogen-bond acceptors (Lipinski definition) is 1. The first-order valence-corrected chi connectivity index (χ1v) is 7.26. The average Bonchev–Trinajstić information content (AvgIpc) is 2.37. The van der Waals surface area contributed by atoms with Gasteiger partial charge >= 0.3 is 0 Å². The lowest BCUT2D eigenvalue weighted by Gasteiger charge is -2.15. The van der Waals surface area contributed by atoms with Gasteiger partial charge < -0.3 is 5.32 Å². The minimum Gasteiger partial charge on any atom is -0.384 e. The Balaban J connectivity index is 2.93. The molecule has 0 aromatic heterocycles. The summed E-state index contributed by atoms with van der Waals surface area (Å²) in [5.41, 5.74) is 6.58. The van der Waals surface area contributed by atoms with Crippen molar-refractivity contribution in [2.24, 2.45) is 0 Å². The zero-order chi connectivity index (χ0) is 14.3. The lowest BCUT2D eigenvalue weighted by atomic mass is 9.99. The monoisotopic (exact) mass is 257 g/mol. The molecule has 1 aromatic rings. The molecular formula is C18H27N. The van der Waals surface area contributed by atoms with Crippen LogP contribution in [0.4, 0.5) is 0 Å². The van der Waals surface area contributed by atoms with Gasteiger partial charge in [-0.15, -0.1) is 6.58 Å². The first kappa shape index (κ1) is 15.6. The summed E-state index contributed by atoms with van der Waals surface area (Å²) in [5, 5.41) is 3.56. The highest BCUT2D eigenvalue weighted by Gasteiger charge is 2.06. The van der Waals surface area contributed by atoms with Gasteiger partial charge in [0.15, 0.2) is 0 Å². The molecule has 0 aliphatic carbocycles. The van der Waals surface area contributed by atoms with Gasteiger partial charge in [-0.2, -0.15) is 0 Å². The van der Waals surface area contributed by atoms with Crippen molar-refractivity contribution >= 4 is 5.70 Å². The molecule has 19 heavy (non-hydrogen) atoms. The number of aryl methyl sites for hydroxylation is 2. The van der Waals surface area contributed by atoms with Gasteiger partial charge in [-0.25, -0.2) is 0 Å². The number of nitrogens with one attached hydrogen (secondary N) is 1. The summed E-state index contributed by atoms with van der Waals surface area (Å²) in [7, 11) is 0. The highest BCUT2D eigenvalue weighted by molar-refractivity contribution is 5.67. The Kier molecular flexibility index (Phi) is 6.41. The van der Waals surface area contributed by atoms with Crippen molar-refractivity contribution < 1.29 is 0 Å². The molecule has 0 saturated heterocycles. The van der Waals surface area contributed by atoms with Crippen LogP contribution in [0.15, 0.2) is 36.4 Å². The predicted molar refractivity (Wildman–Crippen MR) is 86.3 cm³/mol. The van der Waals surface area contributed by atoms with E-state index in [0.29, 0.717) is 0 Å². The van der Waals surface area contributed by atoms with Gasteiger partial charge in [-0.05, 0) is 38.7 Å². The van der Waals surface area contributed by atoms with Gasteiger partial charge in [0, 0.05) is 17.8 Å². The van der Waals surface area contributed by atoms with E-state index in [4.69, 9.17) is 0 Å².